The molecule has 0 atom stereocenters. The smallest absolute Gasteiger partial charge is 0.150 e. The topological polar surface area (TPSA) is 26.3 Å². The summed E-state index contributed by atoms with van der Waals surface area (Å²) in [5.41, 5.74) is 3.91. The molecule has 0 heterocycles. The van der Waals surface area contributed by atoms with Gasteiger partial charge in [-0.1, -0.05) is 81.6 Å². The number of hydrogen-bond acceptors (Lipinski definition) is 2. The van der Waals surface area contributed by atoms with E-state index in [1.54, 1.807) is 7.11 Å². The quantitative estimate of drug-likeness (QED) is 0.536. The second-order valence-electron chi connectivity index (χ2n) is 7.85. The third-order valence-corrected chi connectivity index (χ3v) is 5.59. The minimum atomic E-state index is -0.653. The largest absolute Gasteiger partial charge is 0.383 e. The molecule has 0 aliphatic heterocycles. The lowest BCUT2D eigenvalue weighted by Gasteiger charge is -2.30. The number of unbranched alkanes of at least 4 members (excludes halogenated alkanes) is 2. The van der Waals surface area contributed by atoms with E-state index in [9.17, 15) is 4.79 Å². The van der Waals surface area contributed by atoms with Crippen LogP contribution in [0.1, 0.15) is 57.1 Å². The maximum absolute atomic E-state index is 13.5. The molecule has 26 heavy (non-hydrogen) atoms. The Morgan fingerprint density at radius 1 is 0.923 bits per heavy atom. The van der Waals surface area contributed by atoms with E-state index in [4.69, 9.17) is 4.74 Å². The second kappa shape index (κ2) is 8.18. The first-order valence-electron chi connectivity index (χ1n) is 9.83. The predicted octanol–water partition coefficient (Wildman–Crippen LogP) is 5.78. The lowest BCUT2D eigenvalue weighted by Crippen LogP contribution is -2.39. The summed E-state index contributed by atoms with van der Waals surface area (Å²) < 4.78 is 5.60. The van der Waals surface area contributed by atoms with Crippen molar-refractivity contribution in [1.29, 1.82) is 0 Å². The molecule has 0 saturated carbocycles. The molecule has 2 aromatic carbocycles. The number of fused-ring (bicyclic) bond motifs is 3. The van der Waals surface area contributed by atoms with Crippen LogP contribution in [0.5, 0.6) is 0 Å². The van der Waals surface area contributed by atoms with Crippen LogP contribution in [0.4, 0.5) is 0 Å². The summed E-state index contributed by atoms with van der Waals surface area (Å²) >= 11 is 0. The Bertz CT molecular complexity index is 715. The number of methoxy groups -OCH3 is 1. The van der Waals surface area contributed by atoms with Crippen LogP contribution in [0.3, 0.4) is 0 Å². The predicted molar refractivity (Wildman–Crippen MR) is 107 cm³/mol. The van der Waals surface area contributed by atoms with E-state index >= 15 is 0 Å². The minimum Gasteiger partial charge on any atom is -0.383 e. The lowest BCUT2D eigenvalue weighted by molar-refractivity contribution is -0.124. The molecule has 0 unspecified atom stereocenters. The Hall–Kier alpha value is -1.93. The van der Waals surface area contributed by atoms with Crippen LogP contribution in [-0.2, 0) is 14.9 Å². The number of ether oxygens (including phenoxy) is 1. The van der Waals surface area contributed by atoms with Gasteiger partial charge in [-0.25, -0.2) is 0 Å². The Balaban J connectivity index is 1.89. The fourth-order valence-electron chi connectivity index (χ4n) is 4.31. The van der Waals surface area contributed by atoms with Crippen molar-refractivity contribution in [2.75, 3.05) is 13.7 Å². The summed E-state index contributed by atoms with van der Waals surface area (Å²) in [4.78, 5) is 13.5. The van der Waals surface area contributed by atoms with E-state index in [2.05, 4.69) is 50.2 Å². The molecule has 1 aliphatic carbocycles. The zero-order chi connectivity index (χ0) is 18.6. The van der Waals surface area contributed by atoms with Crippen LogP contribution in [0.15, 0.2) is 48.5 Å². The van der Waals surface area contributed by atoms with Crippen molar-refractivity contribution >= 4 is 5.78 Å². The van der Waals surface area contributed by atoms with Gasteiger partial charge >= 0.3 is 0 Å². The average Bonchev–Trinajstić information content (AvgIpc) is 2.93. The van der Waals surface area contributed by atoms with Gasteiger partial charge < -0.3 is 4.74 Å². The number of ketones is 1. The number of carbonyl (C=O) groups is 1. The van der Waals surface area contributed by atoms with E-state index in [0.29, 0.717) is 18.8 Å². The first-order valence-corrected chi connectivity index (χ1v) is 9.83. The molecular weight excluding hydrogens is 320 g/mol. The fraction of sp³-hybridized carbons (Fsp3) is 0.458. The third-order valence-electron chi connectivity index (χ3n) is 5.59. The molecule has 2 aromatic rings. The molecular formula is C24H30O2. The molecule has 138 valence electrons. The molecule has 1 aliphatic rings. The van der Waals surface area contributed by atoms with E-state index in [1.807, 2.05) is 12.1 Å². The number of benzene rings is 2. The lowest BCUT2D eigenvalue weighted by atomic mass is 9.73. The standard InChI is InChI=1S/C24H30O2/c1-18(2)11-5-4-6-16-23(25)24(17-26-3)21-14-9-7-12-19(21)20-13-8-10-15-22(20)24/h7-10,12-15,18H,4-6,11,16-17H2,1-3H3. The van der Waals surface area contributed by atoms with Crippen molar-refractivity contribution in [3.05, 3.63) is 59.7 Å². The highest BCUT2D eigenvalue weighted by Crippen LogP contribution is 2.50. The Morgan fingerprint density at radius 3 is 2.04 bits per heavy atom. The Morgan fingerprint density at radius 2 is 1.50 bits per heavy atom. The molecule has 2 heteroatoms. The van der Waals surface area contributed by atoms with Gasteiger partial charge in [-0.2, -0.15) is 0 Å². The Kier molecular flexibility index (Phi) is 5.93. The Labute approximate surface area is 157 Å². The van der Waals surface area contributed by atoms with Gasteiger partial charge in [-0.15, -0.1) is 0 Å². The van der Waals surface area contributed by atoms with Crippen molar-refractivity contribution in [2.45, 2.75) is 51.4 Å². The molecule has 0 fully saturated rings. The van der Waals surface area contributed by atoms with Crippen LogP contribution < -0.4 is 0 Å². The van der Waals surface area contributed by atoms with Crippen LogP contribution in [0, 0.1) is 5.92 Å². The molecule has 0 saturated heterocycles. The minimum absolute atomic E-state index is 0.293. The first-order chi connectivity index (χ1) is 12.6. The molecule has 0 aromatic heterocycles. The number of carbonyl (C=O) groups excluding carboxylic acids is 1. The highest BCUT2D eigenvalue weighted by Gasteiger charge is 2.48. The number of rotatable bonds is 9. The van der Waals surface area contributed by atoms with Crippen molar-refractivity contribution in [2.24, 2.45) is 5.92 Å². The number of Topliss-reactive ketones (excluding diaryl/α,β-unsaturated/α-hetero) is 1. The van der Waals surface area contributed by atoms with Gasteiger partial charge in [0.15, 0.2) is 0 Å². The molecule has 0 N–H and O–H groups in total. The van der Waals surface area contributed by atoms with Crippen LogP contribution in [0.2, 0.25) is 0 Å². The zero-order valence-corrected chi connectivity index (χ0v) is 16.3. The summed E-state index contributed by atoms with van der Waals surface area (Å²) in [5.74, 6) is 1.03. The van der Waals surface area contributed by atoms with E-state index in [0.717, 1.165) is 29.9 Å². The average molecular weight is 351 g/mol. The van der Waals surface area contributed by atoms with Crippen LogP contribution in [-0.4, -0.2) is 19.5 Å². The third kappa shape index (κ3) is 3.35. The molecule has 0 amide bonds. The molecule has 2 nitrogen and oxygen atoms in total. The van der Waals surface area contributed by atoms with Gasteiger partial charge in [-0.3, -0.25) is 4.79 Å². The first kappa shape index (κ1) is 18.8. The van der Waals surface area contributed by atoms with Crippen molar-refractivity contribution in [1.82, 2.24) is 0 Å². The van der Waals surface area contributed by atoms with Crippen molar-refractivity contribution in [3.8, 4) is 11.1 Å². The summed E-state index contributed by atoms with van der Waals surface area (Å²) in [6.07, 6.45) is 5.14. The van der Waals surface area contributed by atoms with Crippen molar-refractivity contribution in [3.63, 3.8) is 0 Å². The van der Waals surface area contributed by atoms with E-state index in [-0.39, 0.29) is 0 Å². The fourth-order valence-corrected chi connectivity index (χ4v) is 4.31. The van der Waals surface area contributed by atoms with Crippen molar-refractivity contribution < 1.29 is 9.53 Å². The van der Waals surface area contributed by atoms with Gasteiger partial charge in [0.2, 0.25) is 0 Å². The van der Waals surface area contributed by atoms with Gasteiger partial charge in [0.05, 0.1) is 6.61 Å². The maximum atomic E-state index is 13.5. The van der Waals surface area contributed by atoms with Gasteiger partial charge in [0, 0.05) is 13.5 Å². The molecule has 0 spiro atoms. The molecule has 0 radical (unpaired) electrons. The van der Waals surface area contributed by atoms with E-state index < -0.39 is 5.41 Å². The molecule has 0 bridgehead atoms. The van der Waals surface area contributed by atoms with Gasteiger partial charge in [0.1, 0.15) is 11.2 Å². The highest BCUT2D eigenvalue weighted by molar-refractivity contribution is 6.01. The van der Waals surface area contributed by atoms with Gasteiger partial charge in [0.25, 0.3) is 0 Å². The summed E-state index contributed by atoms with van der Waals surface area (Å²) in [6, 6.07) is 16.6. The van der Waals surface area contributed by atoms with E-state index in [1.165, 1.54) is 24.0 Å². The number of hydrogen-bond donors (Lipinski definition) is 0. The summed E-state index contributed by atoms with van der Waals surface area (Å²) in [7, 11) is 1.70. The van der Waals surface area contributed by atoms with Gasteiger partial charge in [-0.05, 0) is 34.6 Å². The zero-order valence-electron chi connectivity index (χ0n) is 16.3. The molecule has 3 rings (SSSR count). The highest BCUT2D eigenvalue weighted by atomic mass is 16.5. The summed E-state index contributed by atoms with van der Waals surface area (Å²) in [5, 5.41) is 0. The SMILES string of the molecule is COCC1(C(=O)CCCCCC(C)C)c2ccccc2-c2ccccc21. The van der Waals surface area contributed by atoms with Crippen LogP contribution in [0.25, 0.3) is 11.1 Å². The normalized spacial score (nSPS) is 14.3. The maximum Gasteiger partial charge on any atom is 0.150 e. The monoisotopic (exact) mass is 350 g/mol. The van der Waals surface area contributed by atoms with Crippen LogP contribution >= 0.6 is 0 Å². The summed E-state index contributed by atoms with van der Waals surface area (Å²) in [6.45, 7) is 4.92. The second-order valence-corrected chi connectivity index (χ2v) is 7.85.